The van der Waals surface area contributed by atoms with Gasteiger partial charge in [-0.1, -0.05) is 0 Å². The normalized spacial score (nSPS) is 25.4. The Morgan fingerprint density at radius 1 is 1.14 bits per heavy atom. The van der Waals surface area contributed by atoms with Crippen LogP contribution >= 0.6 is 22.6 Å². The van der Waals surface area contributed by atoms with Crippen LogP contribution in [0.4, 0.5) is 24.5 Å². The van der Waals surface area contributed by atoms with Crippen LogP contribution < -0.4 is 10.6 Å². The van der Waals surface area contributed by atoms with Crippen molar-refractivity contribution < 1.29 is 38.4 Å². The third-order valence-corrected chi connectivity index (χ3v) is 7.20. The molecule has 1 aliphatic heterocycles. The van der Waals surface area contributed by atoms with Crippen molar-refractivity contribution in [3.8, 4) is 0 Å². The molecule has 2 aromatic carbocycles. The zero-order chi connectivity index (χ0) is 25.5. The molecule has 35 heavy (non-hydrogen) atoms. The third kappa shape index (κ3) is 5.27. The molecule has 2 aromatic rings. The van der Waals surface area contributed by atoms with Gasteiger partial charge in [-0.05, 0) is 59.3 Å². The van der Waals surface area contributed by atoms with Crippen molar-refractivity contribution in [3.05, 3.63) is 56.9 Å². The quantitative estimate of drug-likeness (QED) is 0.237. The van der Waals surface area contributed by atoms with Crippen molar-refractivity contribution in [3.63, 3.8) is 0 Å². The molecule has 190 valence electrons. The maximum atomic E-state index is 14.6. The van der Waals surface area contributed by atoms with Crippen LogP contribution in [0.2, 0.25) is 0 Å². The number of benzene rings is 2. The molecule has 12 heteroatoms. The summed E-state index contributed by atoms with van der Waals surface area (Å²) in [5.41, 5.74) is -1.90. The molecule has 2 aliphatic rings. The molecule has 1 heterocycles. The third-order valence-electron chi connectivity index (χ3n) is 6.53. The number of hydrogen-bond donors (Lipinski definition) is 5. The number of rotatable bonds is 7. The van der Waals surface area contributed by atoms with E-state index in [1.165, 1.54) is 17.0 Å². The Balaban J connectivity index is 1.44. The van der Waals surface area contributed by atoms with Gasteiger partial charge in [-0.15, -0.1) is 0 Å². The average molecular weight is 608 g/mol. The lowest BCUT2D eigenvalue weighted by Gasteiger charge is -2.43. The standard InChI is InChI=1S/C23H25F3IN3O5/c24-14-3-2-13(19(18(14)26)29-16-4-1-12(27)6-15(16)25)22(34)30-9-23(35,10-30)8-28-17-5-11(7-31)20(32)21(17)33/h1-4,6,11,17,20-21,28-29,31-33,35H,5,7-10H2/p+1. The molecule has 0 bridgehead atoms. The first-order valence-electron chi connectivity index (χ1n) is 11.0. The molecule has 0 radical (unpaired) electrons. The van der Waals surface area contributed by atoms with Crippen LogP contribution in [0.15, 0.2) is 30.3 Å². The molecule has 7 N–H and O–H groups in total. The Labute approximate surface area is 212 Å². The molecule has 4 atom stereocenters. The first-order chi connectivity index (χ1) is 16.5. The van der Waals surface area contributed by atoms with Crippen LogP contribution in [-0.2, 0) is 0 Å². The van der Waals surface area contributed by atoms with Gasteiger partial charge >= 0.3 is 0 Å². The van der Waals surface area contributed by atoms with E-state index in [9.17, 15) is 33.3 Å². The van der Waals surface area contributed by atoms with Gasteiger partial charge in [0.05, 0.1) is 48.8 Å². The second-order valence-corrected chi connectivity index (χ2v) is 10.4. The molecule has 4 unspecified atom stereocenters. The monoisotopic (exact) mass is 608 g/mol. The SMILES string of the molecule is O=C(c1ccc(F)c(F)c1Nc1ccc(I)cc1F)N1CC([OH2+])(CNC2CC(CO)C(O)C2O)C1. The van der Waals surface area contributed by atoms with E-state index >= 15 is 0 Å². The maximum absolute atomic E-state index is 14.6. The number of aliphatic hydroxyl groups excluding tert-OH is 3. The van der Waals surface area contributed by atoms with Gasteiger partial charge in [0.2, 0.25) is 5.60 Å². The summed E-state index contributed by atoms with van der Waals surface area (Å²) in [7, 11) is 0. The van der Waals surface area contributed by atoms with Gasteiger partial charge in [-0.3, -0.25) is 4.79 Å². The van der Waals surface area contributed by atoms with Crippen LogP contribution in [0.5, 0.6) is 0 Å². The predicted octanol–water partition coefficient (Wildman–Crippen LogP) is 1.06. The molecule has 1 amide bonds. The van der Waals surface area contributed by atoms with Crippen molar-refractivity contribution in [2.24, 2.45) is 5.92 Å². The Morgan fingerprint density at radius 2 is 1.86 bits per heavy atom. The number of anilines is 2. The number of carbonyl (C=O) groups is 1. The van der Waals surface area contributed by atoms with Crippen molar-refractivity contribution >= 4 is 39.9 Å². The number of carbonyl (C=O) groups excluding carboxylic acids is 1. The Kier molecular flexibility index (Phi) is 7.60. The molecule has 0 aromatic heterocycles. The van der Waals surface area contributed by atoms with E-state index < -0.39 is 58.8 Å². The summed E-state index contributed by atoms with van der Waals surface area (Å²) in [6.07, 6.45) is -1.79. The highest BCUT2D eigenvalue weighted by Gasteiger charge is 2.50. The van der Waals surface area contributed by atoms with E-state index in [1.807, 2.05) is 22.6 Å². The Morgan fingerprint density at radius 3 is 2.49 bits per heavy atom. The number of nitrogens with zero attached hydrogens (tertiary/aromatic N) is 1. The topological polar surface area (TPSA) is 128 Å². The summed E-state index contributed by atoms with van der Waals surface area (Å²) in [5, 5.41) is 43.4. The molecule has 1 aliphatic carbocycles. The number of aliphatic hydroxyl groups is 3. The Bertz CT molecular complexity index is 1120. The lowest BCUT2D eigenvalue weighted by atomic mass is 9.92. The molecular formula is C23H26F3IN3O5+. The van der Waals surface area contributed by atoms with Gasteiger partial charge in [-0.2, -0.15) is 0 Å². The predicted molar refractivity (Wildman–Crippen MR) is 130 cm³/mol. The van der Waals surface area contributed by atoms with Crippen LogP contribution in [0.3, 0.4) is 0 Å². The summed E-state index contributed by atoms with van der Waals surface area (Å²) in [5.74, 6) is -4.31. The zero-order valence-corrected chi connectivity index (χ0v) is 20.6. The molecule has 4 rings (SSSR count). The summed E-state index contributed by atoms with van der Waals surface area (Å²) < 4.78 is 43.5. The second kappa shape index (κ2) is 10.2. The fourth-order valence-corrected chi connectivity index (χ4v) is 4.97. The van der Waals surface area contributed by atoms with Crippen LogP contribution in [0.1, 0.15) is 16.8 Å². The van der Waals surface area contributed by atoms with Gasteiger partial charge in [0.15, 0.2) is 11.6 Å². The highest BCUT2D eigenvalue weighted by Crippen LogP contribution is 2.32. The van der Waals surface area contributed by atoms with Crippen molar-refractivity contribution in [1.29, 1.82) is 0 Å². The lowest BCUT2D eigenvalue weighted by molar-refractivity contribution is -0.0821. The largest absolute Gasteiger partial charge is 0.437 e. The minimum Gasteiger partial charge on any atom is -0.437 e. The van der Waals surface area contributed by atoms with Crippen LogP contribution in [0.25, 0.3) is 0 Å². The minimum atomic E-state index is -1.32. The van der Waals surface area contributed by atoms with Crippen molar-refractivity contribution in [2.45, 2.75) is 30.3 Å². The summed E-state index contributed by atoms with van der Waals surface area (Å²) in [4.78, 5) is 14.4. The maximum Gasteiger partial charge on any atom is 0.256 e. The second-order valence-electron chi connectivity index (χ2n) is 9.12. The summed E-state index contributed by atoms with van der Waals surface area (Å²) >= 11 is 1.91. The minimum absolute atomic E-state index is 0.00996. The summed E-state index contributed by atoms with van der Waals surface area (Å²) in [6, 6.07) is 5.57. The molecule has 0 spiro atoms. The van der Waals surface area contributed by atoms with Crippen molar-refractivity contribution in [2.75, 3.05) is 31.6 Å². The lowest BCUT2D eigenvalue weighted by Crippen LogP contribution is -2.68. The van der Waals surface area contributed by atoms with E-state index in [1.54, 1.807) is 6.07 Å². The van der Waals surface area contributed by atoms with Crippen LogP contribution in [-0.4, -0.2) is 81.3 Å². The molecule has 1 saturated carbocycles. The van der Waals surface area contributed by atoms with E-state index in [-0.39, 0.29) is 37.5 Å². The van der Waals surface area contributed by atoms with Crippen molar-refractivity contribution in [1.82, 2.24) is 10.2 Å². The zero-order valence-electron chi connectivity index (χ0n) is 18.4. The fraction of sp³-hybridized carbons (Fsp3) is 0.435. The number of nitrogens with one attached hydrogen (secondary N) is 2. The summed E-state index contributed by atoms with van der Waals surface area (Å²) in [6.45, 7) is -0.171. The van der Waals surface area contributed by atoms with E-state index in [0.717, 1.165) is 12.1 Å². The van der Waals surface area contributed by atoms with Gasteiger partial charge in [0, 0.05) is 22.1 Å². The number of hydrogen-bond acceptors (Lipinski definition) is 6. The van der Waals surface area contributed by atoms with Gasteiger partial charge in [0.1, 0.15) is 5.82 Å². The fourth-order valence-electron chi connectivity index (χ4n) is 4.52. The first kappa shape index (κ1) is 26.1. The molecule has 2 fully saturated rings. The van der Waals surface area contributed by atoms with Gasteiger partial charge in [0.25, 0.3) is 5.91 Å². The van der Waals surface area contributed by atoms with Gasteiger partial charge < -0.3 is 36.0 Å². The van der Waals surface area contributed by atoms with Gasteiger partial charge in [-0.25, -0.2) is 13.2 Å². The number of halogens is 4. The Hall–Kier alpha value is -1.97. The molecule has 8 nitrogen and oxygen atoms in total. The van der Waals surface area contributed by atoms with E-state index in [2.05, 4.69) is 10.6 Å². The van der Waals surface area contributed by atoms with E-state index in [4.69, 9.17) is 5.11 Å². The molecule has 1 saturated heterocycles. The first-order valence-corrected chi connectivity index (χ1v) is 12.1. The molecular weight excluding hydrogens is 582 g/mol. The van der Waals surface area contributed by atoms with E-state index in [0.29, 0.717) is 9.99 Å². The number of amides is 1. The highest BCUT2D eigenvalue weighted by molar-refractivity contribution is 14.1. The smallest absolute Gasteiger partial charge is 0.256 e. The highest BCUT2D eigenvalue weighted by atomic mass is 127. The number of likely N-dealkylation sites (tertiary alicyclic amines) is 1. The average Bonchev–Trinajstić information content (AvgIpc) is 3.08. The van der Waals surface area contributed by atoms with Crippen LogP contribution in [0, 0.1) is 26.9 Å².